The number of ether oxygens (including phenoxy) is 1. The van der Waals surface area contributed by atoms with Gasteiger partial charge >= 0.3 is 5.97 Å². The maximum atomic E-state index is 12.6. The highest BCUT2D eigenvalue weighted by atomic mass is 35.5. The molecule has 1 fully saturated rings. The smallest absolute Gasteiger partial charge is 0.309 e. The first-order chi connectivity index (χ1) is 12.5. The predicted octanol–water partition coefficient (Wildman–Crippen LogP) is 6.95. The maximum Gasteiger partial charge on any atom is 0.309 e. The molecule has 0 heterocycles. The Bertz CT molecular complexity index is 762. The Morgan fingerprint density at radius 1 is 1.15 bits per heavy atom. The molecule has 2 atom stereocenters. The second kappa shape index (κ2) is 8.43. The van der Waals surface area contributed by atoms with Crippen LogP contribution < -0.4 is 0 Å². The van der Waals surface area contributed by atoms with E-state index in [1.807, 2.05) is 43.3 Å². The minimum Gasteiger partial charge on any atom is -0.458 e. The van der Waals surface area contributed by atoms with Crippen molar-refractivity contribution in [1.29, 1.82) is 0 Å². The largest absolute Gasteiger partial charge is 0.458 e. The molecule has 0 aromatic heterocycles. The summed E-state index contributed by atoms with van der Waals surface area (Å²) in [6, 6.07) is 12.0. The van der Waals surface area contributed by atoms with Crippen molar-refractivity contribution >= 4 is 28.3 Å². The minimum absolute atomic E-state index is 0.0423. The van der Waals surface area contributed by atoms with Crippen LogP contribution in [0, 0.1) is 17.8 Å². The van der Waals surface area contributed by atoms with E-state index in [1.54, 1.807) is 0 Å². The van der Waals surface area contributed by atoms with E-state index in [4.69, 9.17) is 16.3 Å². The van der Waals surface area contributed by atoms with Gasteiger partial charge < -0.3 is 4.74 Å². The van der Waals surface area contributed by atoms with Crippen molar-refractivity contribution in [3.63, 3.8) is 0 Å². The van der Waals surface area contributed by atoms with Gasteiger partial charge in [0.2, 0.25) is 0 Å². The molecule has 26 heavy (non-hydrogen) atoms. The van der Waals surface area contributed by atoms with Crippen LogP contribution in [0.4, 0.5) is 0 Å². The number of esters is 1. The lowest BCUT2D eigenvalue weighted by atomic mass is 9.75. The van der Waals surface area contributed by atoms with Gasteiger partial charge in [0, 0.05) is 10.4 Å². The predicted molar refractivity (Wildman–Crippen MR) is 108 cm³/mol. The summed E-state index contributed by atoms with van der Waals surface area (Å²) in [5, 5.41) is 2.83. The molecule has 0 N–H and O–H groups in total. The number of benzene rings is 2. The van der Waals surface area contributed by atoms with Crippen LogP contribution in [0.3, 0.4) is 0 Å². The number of hydrogen-bond acceptors (Lipinski definition) is 2. The van der Waals surface area contributed by atoms with Crippen molar-refractivity contribution in [2.75, 3.05) is 0 Å². The van der Waals surface area contributed by atoms with Gasteiger partial charge in [0.25, 0.3) is 0 Å². The van der Waals surface area contributed by atoms with Gasteiger partial charge in [0.05, 0.1) is 5.92 Å². The lowest BCUT2D eigenvalue weighted by Crippen LogP contribution is -2.26. The number of halogens is 1. The molecule has 1 aliphatic carbocycles. The van der Waals surface area contributed by atoms with E-state index >= 15 is 0 Å². The molecule has 0 bridgehead atoms. The molecule has 2 aromatic carbocycles. The van der Waals surface area contributed by atoms with Crippen LogP contribution in [-0.2, 0) is 9.53 Å². The van der Waals surface area contributed by atoms with Crippen molar-refractivity contribution in [3.05, 3.63) is 47.0 Å². The zero-order chi connectivity index (χ0) is 18.7. The monoisotopic (exact) mass is 372 g/mol. The summed E-state index contributed by atoms with van der Waals surface area (Å²) in [5.74, 6) is 1.54. The molecular weight excluding hydrogens is 344 g/mol. The maximum absolute atomic E-state index is 12.6. The summed E-state index contributed by atoms with van der Waals surface area (Å²) in [6.07, 6.45) is 5.19. The van der Waals surface area contributed by atoms with E-state index in [1.165, 1.54) is 6.42 Å². The molecule has 3 heteroatoms. The fourth-order valence-electron chi connectivity index (χ4n) is 4.10. The normalized spacial score (nSPS) is 22.8. The van der Waals surface area contributed by atoms with E-state index < -0.39 is 0 Å². The Kier molecular flexibility index (Phi) is 6.24. The number of fused-ring (bicyclic) bond motifs is 1. The highest BCUT2D eigenvalue weighted by molar-refractivity contribution is 6.35. The fraction of sp³-hybridized carbons (Fsp3) is 0.522. The van der Waals surface area contributed by atoms with Crippen LogP contribution in [-0.4, -0.2) is 5.97 Å². The van der Waals surface area contributed by atoms with E-state index in [9.17, 15) is 4.79 Å². The molecule has 0 aliphatic heterocycles. The molecule has 140 valence electrons. The number of carbonyl (C=O) groups is 1. The first-order valence-corrected chi connectivity index (χ1v) is 10.3. The van der Waals surface area contributed by atoms with Crippen LogP contribution in [0.25, 0.3) is 10.8 Å². The topological polar surface area (TPSA) is 26.3 Å². The van der Waals surface area contributed by atoms with Crippen LogP contribution >= 0.6 is 11.6 Å². The lowest BCUT2D eigenvalue weighted by Gasteiger charge is -2.31. The second-order valence-electron chi connectivity index (χ2n) is 7.80. The molecule has 0 saturated heterocycles. The minimum atomic E-state index is -0.254. The van der Waals surface area contributed by atoms with Crippen LogP contribution in [0.1, 0.15) is 64.5 Å². The summed E-state index contributed by atoms with van der Waals surface area (Å²) in [4.78, 5) is 12.6. The molecular formula is C23H29ClO2. The van der Waals surface area contributed by atoms with Crippen molar-refractivity contribution in [3.8, 4) is 0 Å². The molecule has 1 saturated carbocycles. The molecule has 2 unspecified atom stereocenters. The Hall–Kier alpha value is -1.54. The Morgan fingerprint density at radius 3 is 2.58 bits per heavy atom. The molecule has 0 radical (unpaired) electrons. The van der Waals surface area contributed by atoms with E-state index in [0.717, 1.165) is 58.9 Å². The van der Waals surface area contributed by atoms with Gasteiger partial charge in [0.15, 0.2) is 0 Å². The van der Waals surface area contributed by atoms with Gasteiger partial charge in [-0.05, 0) is 67.5 Å². The molecule has 0 spiro atoms. The Morgan fingerprint density at radius 2 is 1.88 bits per heavy atom. The third-order valence-electron chi connectivity index (χ3n) is 6.17. The van der Waals surface area contributed by atoms with Gasteiger partial charge in [-0.2, -0.15) is 0 Å². The zero-order valence-corrected chi connectivity index (χ0v) is 16.8. The van der Waals surface area contributed by atoms with Gasteiger partial charge in [-0.25, -0.2) is 0 Å². The van der Waals surface area contributed by atoms with Crippen molar-refractivity contribution in [2.45, 2.75) is 59.0 Å². The van der Waals surface area contributed by atoms with E-state index in [-0.39, 0.29) is 18.0 Å². The standard InChI is InChI=1S/C23H29ClO2/c1-4-15(2)17-8-11-19(12-9-17)23(25)26-16(3)20-13-10-18-6-5-7-22(24)21(18)14-20/h5-7,10,13-17,19H,4,8-9,11-12H2,1-3H3. The summed E-state index contributed by atoms with van der Waals surface area (Å²) in [7, 11) is 0. The van der Waals surface area contributed by atoms with Gasteiger partial charge in [-0.15, -0.1) is 0 Å². The molecule has 1 aliphatic rings. The second-order valence-corrected chi connectivity index (χ2v) is 8.20. The van der Waals surface area contributed by atoms with E-state index in [2.05, 4.69) is 13.8 Å². The molecule has 3 rings (SSSR count). The summed E-state index contributed by atoms with van der Waals surface area (Å²) >= 11 is 6.30. The zero-order valence-electron chi connectivity index (χ0n) is 16.0. The van der Waals surface area contributed by atoms with E-state index in [0.29, 0.717) is 0 Å². The third-order valence-corrected chi connectivity index (χ3v) is 6.50. The lowest BCUT2D eigenvalue weighted by molar-refractivity contribution is -0.155. The third kappa shape index (κ3) is 4.23. The summed E-state index contributed by atoms with van der Waals surface area (Å²) in [5.41, 5.74) is 0.993. The fourth-order valence-corrected chi connectivity index (χ4v) is 4.34. The van der Waals surface area contributed by atoms with Gasteiger partial charge in [0.1, 0.15) is 6.10 Å². The average molecular weight is 373 g/mol. The molecule has 2 nitrogen and oxygen atoms in total. The first-order valence-electron chi connectivity index (χ1n) is 9.88. The van der Waals surface area contributed by atoms with Crippen LogP contribution in [0.5, 0.6) is 0 Å². The SMILES string of the molecule is CCC(C)C1CCC(C(=O)OC(C)c2ccc3cccc(Cl)c3c2)CC1. The van der Waals surface area contributed by atoms with Gasteiger partial charge in [-0.3, -0.25) is 4.79 Å². The van der Waals surface area contributed by atoms with Gasteiger partial charge in [-0.1, -0.05) is 56.1 Å². The van der Waals surface area contributed by atoms with Crippen molar-refractivity contribution in [1.82, 2.24) is 0 Å². The number of hydrogen-bond donors (Lipinski definition) is 0. The van der Waals surface area contributed by atoms with Crippen LogP contribution in [0.2, 0.25) is 5.02 Å². The molecule has 2 aromatic rings. The Balaban J connectivity index is 1.62. The van der Waals surface area contributed by atoms with Crippen LogP contribution in [0.15, 0.2) is 36.4 Å². The summed E-state index contributed by atoms with van der Waals surface area (Å²) in [6.45, 7) is 6.53. The highest BCUT2D eigenvalue weighted by Crippen LogP contribution is 2.36. The van der Waals surface area contributed by atoms with Crippen molar-refractivity contribution < 1.29 is 9.53 Å². The Labute approximate surface area is 161 Å². The first kappa shape index (κ1) is 19.2. The number of carbonyl (C=O) groups excluding carboxylic acids is 1. The molecule has 0 amide bonds. The number of rotatable bonds is 5. The summed E-state index contributed by atoms with van der Waals surface area (Å²) < 4.78 is 5.80. The average Bonchev–Trinajstić information content (AvgIpc) is 2.67. The van der Waals surface area contributed by atoms with Crippen molar-refractivity contribution in [2.24, 2.45) is 17.8 Å². The quantitative estimate of drug-likeness (QED) is 0.530. The highest BCUT2D eigenvalue weighted by Gasteiger charge is 2.30.